The second kappa shape index (κ2) is 5.30. The van der Waals surface area contributed by atoms with Gasteiger partial charge < -0.3 is 4.90 Å². The van der Waals surface area contributed by atoms with Crippen molar-refractivity contribution in [2.75, 3.05) is 0 Å². The predicted octanol–water partition coefficient (Wildman–Crippen LogP) is 4.22. The van der Waals surface area contributed by atoms with Crippen molar-refractivity contribution in [3.05, 3.63) is 42.3 Å². The summed E-state index contributed by atoms with van der Waals surface area (Å²) in [5.74, 6) is 0.183. The Morgan fingerprint density at radius 1 is 1.44 bits per heavy atom. The van der Waals surface area contributed by atoms with Crippen LogP contribution < -0.4 is 0 Å². The van der Waals surface area contributed by atoms with E-state index in [1.54, 1.807) is 22.7 Å². The zero-order valence-electron chi connectivity index (χ0n) is 9.64. The first kappa shape index (κ1) is 12.6. The lowest BCUT2D eigenvalue weighted by molar-refractivity contribution is 0.0730. The van der Waals surface area contributed by atoms with E-state index >= 15 is 0 Å². The molecule has 5 heteroatoms. The highest BCUT2D eigenvalue weighted by Crippen LogP contribution is 2.31. The van der Waals surface area contributed by atoms with Crippen LogP contribution in [0.15, 0.2) is 28.3 Å². The minimum atomic E-state index is 0.183. The summed E-state index contributed by atoms with van der Waals surface area (Å²) >= 11 is 5.58. The molecule has 1 fully saturated rings. The van der Waals surface area contributed by atoms with Gasteiger partial charge in [-0.25, -0.2) is 0 Å². The molecule has 1 aliphatic carbocycles. The van der Waals surface area contributed by atoms with Crippen LogP contribution in [0.2, 0.25) is 0 Å². The summed E-state index contributed by atoms with van der Waals surface area (Å²) in [6, 6.07) is 4.54. The molecule has 2 nitrogen and oxygen atoms in total. The average molecular weight is 389 g/mol. The highest BCUT2D eigenvalue weighted by atomic mass is 127. The van der Waals surface area contributed by atoms with E-state index in [4.69, 9.17) is 0 Å². The van der Waals surface area contributed by atoms with E-state index < -0.39 is 0 Å². The molecule has 0 atom stereocenters. The molecule has 94 valence electrons. The largest absolute Gasteiger partial charge is 0.331 e. The summed E-state index contributed by atoms with van der Waals surface area (Å²) in [6.07, 6.45) is 2.30. The van der Waals surface area contributed by atoms with Crippen molar-refractivity contribution in [3.8, 4) is 0 Å². The summed E-state index contributed by atoms with van der Waals surface area (Å²) in [6.45, 7) is 0.749. The Labute approximate surface area is 128 Å². The van der Waals surface area contributed by atoms with Gasteiger partial charge in [0.05, 0.1) is 8.45 Å². The predicted molar refractivity (Wildman–Crippen MR) is 84.3 cm³/mol. The third-order valence-electron chi connectivity index (χ3n) is 3.00. The van der Waals surface area contributed by atoms with Gasteiger partial charge in [-0.05, 0) is 63.9 Å². The number of hydrogen-bond donors (Lipinski definition) is 0. The fraction of sp³-hybridized carbons (Fsp3) is 0.308. The Kier molecular flexibility index (Phi) is 3.72. The first-order valence-corrected chi connectivity index (χ1v) is 8.70. The molecule has 18 heavy (non-hydrogen) atoms. The number of thiophene rings is 2. The molecule has 0 radical (unpaired) electrons. The third kappa shape index (κ3) is 2.78. The second-order valence-electron chi connectivity index (χ2n) is 4.44. The Hall–Kier alpha value is -0.400. The summed E-state index contributed by atoms with van der Waals surface area (Å²) in [5.41, 5.74) is 2.08. The van der Waals surface area contributed by atoms with E-state index in [0.29, 0.717) is 6.04 Å². The molecule has 1 aliphatic rings. The average Bonchev–Trinajstić information content (AvgIpc) is 2.88. The molecular formula is C13H12INOS2. The second-order valence-corrected chi connectivity index (χ2v) is 8.02. The maximum absolute atomic E-state index is 12.5. The molecule has 0 aliphatic heterocycles. The van der Waals surface area contributed by atoms with E-state index in [1.165, 1.54) is 8.45 Å². The van der Waals surface area contributed by atoms with Gasteiger partial charge in [0.15, 0.2) is 0 Å². The van der Waals surface area contributed by atoms with Crippen molar-refractivity contribution in [2.24, 2.45) is 0 Å². The molecule has 2 aromatic rings. The van der Waals surface area contributed by atoms with E-state index in [0.717, 1.165) is 24.9 Å². The molecule has 0 bridgehead atoms. The summed E-state index contributed by atoms with van der Waals surface area (Å²) in [5, 5.41) is 6.16. The zero-order valence-corrected chi connectivity index (χ0v) is 13.4. The van der Waals surface area contributed by atoms with Gasteiger partial charge >= 0.3 is 0 Å². The van der Waals surface area contributed by atoms with Crippen molar-refractivity contribution in [2.45, 2.75) is 25.4 Å². The molecule has 2 aromatic heterocycles. The third-order valence-corrected chi connectivity index (χ3v) is 5.52. The van der Waals surface area contributed by atoms with Gasteiger partial charge in [0.2, 0.25) is 0 Å². The van der Waals surface area contributed by atoms with E-state index in [2.05, 4.69) is 39.4 Å². The highest BCUT2D eigenvalue weighted by Gasteiger charge is 2.33. The highest BCUT2D eigenvalue weighted by molar-refractivity contribution is 14.1. The SMILES string of the molecule is O=C(c1csc(I)c1)N(Cc1ccsc1)C1CC1. The Morgan fingerprint density at radius 2 is 2.28 bits per heavy atom. The standard InChI is InChI=1S/C13H12INOS2/c14-12-5-10(8-18-12)13(16)15(11-1-2-11)6-9-3-4-17-7-9/h3-5,7-8,11H,1-2,6H2. The molecule has 1 amide bonds. The zero-order chi connectivity index (χ0) is 12.5. The molecule has 3 rings (SSSR count). The number of nitrogens with zero attached hydrogens (tertiary/aromatic N) is 1. The van der Waals surface area contributed by atoms with Gasteiger partial charge in [0.1, 0.15) is 0 Å². The van der Waals surface area contributed by atoms with E-state index in [-0.39, 0.29) is 5.91 Å². The van der Waals surface area contributed by atoms with Crippen LogP contribution in [0.25, 0.3) is 0 Å². The fourth-order valence-electron chi connectivity index (χ4n) is 1.92. The molecule has 0 unspecified atom stereocenters. The molecular weight excluding hydrogens is 377 g/mol. The van der Waals surface area contributed by atoms with Crippen LogP contribution in [0.4, 0.5) is 0 Å². The van der Waals surface area contributed by atoms with Gasteiger partial charge in [-0.15, -0.1) is 11.3 Å². The Morgan fingerprint density at radius 3 is 2.83 bits per heavy atom. The maximum atomic E-state index is 12.5. The number of amides is 1. The van der Waals surface area contributed by atoms with Crippen LogP contribution in [0.1, 0.15) is 28.8 Å². The lowest BCUT2D eigenvalue weighted by Gasteiger charge is -2.21. The van der Waals surface area contributed by atoms with Crippen molar-refractivity contribution < 1.29 is 4.79 Å². The first-order valence-electron chi connectivity index (χ1n) is 5.80. The van der Waals surface area contributed by atoms with Crippen LogP contribution in [-0.2, 0) is 6.54 Å². The van der Waals surface area contributed by atoms with Crippen molar-refractivity contribution in [1.29, 1.82) is 0 Å². The van der Waals surface area contributed by atoms with Crippen LogP contribution >= 0.6 is 45.3 Å². The monoisotopic (exact) mass is 389 g/mol. The number of rotatable bonds is 4. The summed E-state index contributed by atoms with van der Waals surface area (Å²) < 4.78 is 1.17. The van der Waals surface area contributed by atoms with E-state index in [9.17, 15) is 4.79 Å². The number of halogens is 1. The molecule has 0 aromatic carbocycles. The number of carbonyl (C=O) groups excluding carboxylic acids is 1. The fourth-order valence-corrected chi connectivity index (χ4v) is 3.90. The number of carbonyl (C=O) groups is 1. The summed E-state index contributed by atoms with van der Waals surface area (Å²) in [7, 11) is 0. The van der Waals surface area contributed by atoms with Gasteiger partial charge in [0.25, 0.3) is 5.91 Å². The minimum absolute atomic E-state index is 0.183. The molecule has 2 heterocycles. The first-order chi connectivity index (χ1) is 8.74. The van der Waals surface area contributed by atoms with Gasteiger partial charge in [0, 0.05) is 18.0 Å². The summed E-state index contributed by atoms with van der Waals surface area (Å²) in [4.78, 5) is 14.5. The molecule has 0 saturated heterocycles. The Balaban J connectivity index is 1.79. The van der Waals surface area contributed by atoms with Crippen LogP contribution in [0, 0.1) is 2.88 Å². The number of hydrogen-bond acceptors (Lipinski definition) is 3. The normalized spacial score (nSPS) is 14.7. The van der Waals surface area contributed by atoms with Crippen LogP contribution in [-0.4, -0.2) is 16.8 Å². The lowest BCUT2D eigenvalue weighted by Crippen LogP contribution is -2.32. The van der Waals surface area contributed by atoms with Gasteiger partial charge in [-0.2, -0.15) is 11.3 Å². The minimum Gasteiger partial charge on any atom is -0.331 e. The molecule has 0 N–H and O–H groups in total. The Bertz CT molecular complexity index is 545. The maximum Gasteiger partial charge on any atom is 0.255 e. The topological polar surface area (TPSA) is 20.3 Å². The molecule has 0 spiro atoms. The van der Waals surface area contributed by atoms with Crippen LogP contribution in [0.5, 0.6) is 0 Å². The van der Waals surface area contributed by atoms with Crippen molar-refractivity contribution >= 4 is 51.2 Å². The molecule has 1 saturated carbocycles. The quantitative estimate of drug-likeness (QED) is 0.718. The van der Waals surface area contributed by atoms with Gasteiger partial charge in [-0.1, -0.05) is 0 Å². The van der Waals surface area contributed by atoms with E-state index in [1.807, 2.05) is 16.3 Å². The smallest absolute Gasteiger partial charge is 0.255 e. The van der Waals surface area contributed by atoms with Crippen molar-refractivity contribution in [3.63, 3.8) is 0 Å². The van der Waals surface area contributed by atoms with Gasteiger partial charge in [-0.3, -0.25) is 4.79 Å². The van der Waals surface area contributed by atoms with Crippen LogP contribution in [0.3, 0.4) is 0 Å². The van der Waals surface area contributed by atoms with Crippen molar-refractivity contribution in [1.82, 2.24) is 4.90 Å². The lowest BCUT2D eigenvalue weighted by atomic mass is 10.2.